The summed E-state index contributed by atoms with van der Waals surface area (Å²) in [5.74, 6) is 3.32. The third kappa shape index (κ3) is 4.78. The quantitative estimate of drug-likeness (QED) is 0.262. The summed E-state index contributed by atoms with van der Waals surface area (Å²) in [6.45, 7) is 4.56. The number of carbonyl (C=O) groups is 2. The average molecular weight is 203 g/mol. The van der Waals surface area contributed by atoms with Crippen molar-refractivity contribution < 1.29 is 14.3 Å². The first-order valence-corrected chi connectivity index (χ1v) is 4.36. The van der Waals surface area contributed by atoms with E-state index in [2.05, 4.69) is 0 Å². The smallest absolute Gasteiger partial charge is 0.323 e. The van der Waals surface area contributed by atoms with Gasteiger partial charge >= 0.3 is 11.8 Å². The molecule has 0 heterocycles. The lowest BCUT2D eigenvalue weighted by molar-refractivity contribution is -0.145. The summed E-state index contributed by atoms with van der Waals surface area (Å²) in [5.41, 5.74) is 1.77. The number of nitrogens with one attached hydrogen (secondary N) is 1. The Morgan fingerprint density at radius 3 is 2.50 bits per heavy atom. The van der Waals surface area contributed by atoms with Crippen LogP contribution >= 0.6 is 0 Å². The molecule has 82 valence electrons. The van der Waals surface area contributed by atoms with Gasteiger partial charge in [-0.15, -0.1) is 0 Å². The van der Waals surface area contributed by atoms with E-state index >= 15 is 0 Å². The van der Waals surface area contributed by atoms with E-state index < -0.39 is 11.8 Å². The molecule has 0 saturated carbocycles. The maximum atomic E-state index is 11.1. The highest BCUT2D eigenvalue weighted by atomic mass is 16.5. The number of nitrogens with two attached hydrogens (primary N) is 1. The van der Waals surface area contributed by atoms with Gasteiger partial charge in [-0.1, -0.05) is 0 Å². The molecule has 0 atom stereocenters. The topological polar surface area (TPSA) is 84.7 Å². The zero-order valence-corrected chi connectivity index (χ0v) is 8.74. The molecule has 0 radical (unpaired) electrons. The molecular formula is C8H17N3O3. The van der Waals surface area contributed by atoms with Gasteiger partial charge in [0.2, 0.25) is 0 Å². The van der Waals surface area contributed by atoms with Gasteiger partial charge in [0, 0.05) is 13.6 Å². The first-order valence-electron chi connectivity index (χ1n) is 4.36. The SMILES string of the molecule is CC(C)OCCN(C)C(=O)C(=O)NN. The van der Waals surface area contributed by atoms with Crippen LogP contribution in [-0.4, -0.2) is 43.0 Å². The molecule has 0 fully saturated rings. The molecule has 0 aliphatic carbocycles. The predicted octanol–water partition coefficient (Wildman–Crippen LogP) is -1.14. The number of nitrogens with zero attached hydrogens (tertiary/aromatic N) is 1. The van der Waals surface area contributed by atoms with E-state index in [4.69, 9.17) is 10.6 Å². The van der Waals surface area contributed by atoms with Crippen LogP contribution in [-0.2, 0) is 14.3 Å². The lowest BCUT2D eigenvalue weighted by atomic mass is 10.4. The van der Waals surface area contributed by atoms with Crippen molar-refractivity contribution >= 4 is 11.8 Å². The number of likely N-dealkylation sites (N-methyl/N-ethyl adjacent to an activating group) is 1. The van der Waals surface area contributed by atoms with E-state index in [1.807, 2.05) is 13.8 Å². The number of carbonyl (C=O) groups excluding carboxylic acids is 2. The fourth-order valence-electron chi connectivity index (χ4n) is 0.762. The van der Waals surface area contributed by atoms with Gasteiger partial charge in [-0.05, 0) is 13.8 Å². The molecule has 0 unspecified atom stereocenters. The van der Waals surface area contributed by atoms with Crippen LogP contribution in [0.2, 0.25) is 0 Å². The van der Waals surface area contributed by atoms with Crippen LogP contribution in [0.25, 0.3) is 0 Å². The van der Waals surface area contributed by atoms with Gasteiger partial charge in [0.05, 0.1) is 12.7 Å². The summed E-state index contributed by atoms with van der Waals surface area (Å²) < 4.78 is 5.22. The lowest BCUT2D eigenvalue weighted by Crippen LogP contribution is -2.44. The molecule has 0 aromatic rings. The Hall–Kier alpha value is -1.14. The van der Waals surface area contributed by atoms with E-state index in [0.29, 0.717) is 13.2 Å². The Bertz CT molecular complexity index is 206. The molecule has 0 aliphatic rings. The van der Waals surface area contributed by atoms with Crippen LogP contribution in [0.3, 0.4) is 0 Å². The molecular weight excluding hydrogens is 186 g/mol. The minimum absolute atomic E-state index is 0.113. The zero-order valence-electron chi connectivity index (χ0n) is 8.74. The Balaban J connectivity index is 3.79. The maximum absolute atomic E-state index is 11.1. The van der Waals surface area contributed by atoms with Crippen molar-refractivity contribution in [3.63, 3.8) is 0 Å². The molecule has 0 spiro atoms. The molecule has 14 heavy (non-hydrogen) atoms. The minimum Gasteiger partial charge on any atom is -0.377 e. The minimum atomic E-state index is -0.822. The number of hydrazine groups is 1. The molecule has 0 saturated heterocycles. The highest BCUT2D eigenvalue weighted by molar-refractivity contribution is 6.34. The van der Waals surface area contributed by atoms with Crippen LogP contribution in [0, 0.1) is 0 Å². The van der Waals surface area contributed by atoms with E-state index in [-0.39, 0.29) is 6.10 Å². The summed E-state index contributed by atoms with van der Waals surface area (Å²) in [4.78, 5) is 23.2. The Labute approximate surface area is 83.4 Å². The van der Waals surface area contributed by atoms with E-state index in [0.717, 1.165) is 0 Å². The highest BCUT2D eigenvalue weighted by Gasteiger charge is 2.16. The van der Waals surface area contributed by atoms with Crippen LogP contribution in [0.1, 0.15) is 13.8 Å². The largest absolute Gasteiger partial charge is 0.377 e. The Morgan fingerprint density at radius 2 is 2.07 bits per heavy atom. The molecule has 6 nitrogen and oxygen atoms in total. The Morgan fingerprint density at radius 1 is 1.50 bits per heavy atom. The van der Waals surface area contributed by atoms with Crippen molar-refractivity contribution in [1.82, 2.24) is 10.3 Å². The van der Waals surface area contributed by atoms with E-state index in [9.17, 15) is 9.59 Å². The monoisotopic (exact) mass is 203 g/mol. The van der Waals surface area contributed by atoms with Gasteiger partial charge in [-0.2, -0.15) is 0 Å². The van der Waals surface area contributed by atoms with Crippen LogP contribution < -0.4 is 11.3 Å². The second-order valence-corrected chi connectivity index (χ2v) is 3.12. The van der Waals surface area contributed by atoms with Crippen molar-refractivity contribution in [3.8, 4) is 0 Å². The van der Waals surface area contributed by atoms with Gasteiger partial charge < -0.3 is 9.64 Å². The third-order valence-corrected chi connectivity index (χ3v) is 1.55. The summed E-state index contributed by atoms with van der Waals surface area (Å²) in [6.07, 6.45) is 0.113. The van der Waals surface area contributed by atoms with Gasteiger partial charge in [0.15, 0.2) is 0 Å². The second kappa shape index (κ2) is 6.33. The van der Waals surface area contributed by atoms with Gasteiger partial charge in [0.1, 0.15) is 0 Å². The van der Waals surface area contributed by atoms with Crippen molar-refractivity contribution in [2.24, 2.45) is 5.84 Å². The summed E-state index contributed by atoms with van der Waals surface area (Å²) in [6, 6.07) is 0. The molecule has 0 aliphatic heterocycles. The fourth-order valence-corrected chi connectivity index (χ4v) is 0.762. The van der Waals surface area contributed by atoms with Crippen molar-refractivity contribution in [2.75, 3.05) is 20.2 Å². The molecule has 0 rings (SSSR count). The Kier molecular flexibility index (Phi) is 5.82. The molecule has 0 aromatic carbocycles. The number of rotatable bonds is 4. The predicted molar refractivity (Wildman–Crippen MR) is 51.1 cm³/mol. The molecule has 6 heteroatoms. The van der Waals surface area contributed by atoms with E-state index in [1.165, 1.54) is 11.9 Å². The summed E-state index contributed by atoms with van der Waals surface area (Å²) >= 11 is 0. The first-order chi connectivity index (χ1) is 6.49. The van der Waals surface area contributed by atoms with Crippen LogP contribution in [0.4, 0.5) is 0 Å². The number of ether oxygens (including phenoxy) is 1. The number of hydrogen-bond acceptors (Lipinski definition) is 4. The van der Waals surface area contributed by atoms with E-state index in [1.54, 1.807) is 5.43 Å². The molecule has 0 aromatic heterocycles. The van der Waals surface area contributed by atoms with Gasteiger partial charge in [0.25, 0.3) is 0 Å². The maximum Gasteiger partial charge on any atom is 0.323 e. The third-order valence-electron chi connectivity index (χ3n) is 1.55. The van der Waals surface area contributed by atoms with Crippen molar-refractivity contribution in [2.45, 2.75) is 20.0 Å². The van der Waals surface area contributed by atoms with Crippen molar-refractivity contribution in [1.29, 1.82) is 0 Å². The first kappa shape index (κ1) is 12.9. The lowest BCUT2D eigenvalue weighted by Gasteiger charge is -2.16. The highest BCUT2D eigenvalue weighted by Crippen LogP contribution is 1.90. The summed E-state index contributed by atoms with van der Waals surface area (Å²) in [7, 11) is 1.52. The standard InChI is InChI=1S/C8H17N3O3/c1-6(2)14-5-4-11(3)8(13)7(12)10-9/h6H,4-5,9H2,1-3H3,(H,10,12). The number of hydrogen-bond donors (Lipinski definition) is 2. The average Bonchev–Trinajstić information content (AvgIpc) is 2.14. The van der Waals surface area contributed by atoms with Crippen molar-refractivity contribution in [3.05, 3.63) is 0 Å². The van der Waals surface area contributed by atoms with Gasteiger partial charge in [-0.25, -0.2) is 5.84 Å². The summed E-state index contributed by atoms with van der Waals surface area (Å²) in [5, 5.41) is 0. The fraction of sp³-hybridized carbons (Fsp3) is 0.750. The normalized spacial score (nSPS) is 10.1. The second-order valence-electron chi connectivity index (χ2n) is 3.12. The van der Waals surface area contributed by atoms with Crippen LogP contribution in [0.15, 0.2) is 0 Å². The van der Waals surface area contributed by atoms with Crippen LogP contribution in [0.5, 0.6) is 0 Å². The number of amides is 2. The molecule has 3 N–H and O–H groups in total. The molecule has 2 amide bonds. The molecule has 0 bridgehead atoms. The van der Waals surface area contributed by atoms with Gasteiger partial charge in [-0.3, -0.25) is 15.0 Å². The zero-order chi connectivity index (χ0) is 11.1.